The summed E-state index contributed by atoms with van der Waals surface area (Å²) in [6.45, 7) is 5.59. The Hall–Kier alpha value is -1.37. The maximum Gasteiger partial charge on any atom is 0.212 e. The van der Waals surface area contributed by atoms with E-state index >= 15 is 0 Å². The molecule has 1 heterocycles. The molecule has 0 spiro atoms. The lowest BCUT2D eigenvalue weighted by atomic mass is 10.1. The Morgan fingerprint density at radius 2 is 1.57 bits per heavy atom. The number of aromatic nitrogens is 1. The topological polar surface area (TPSA) is 3.88 Å². The first kappa shape index (κ1) is 16.0. The summed E-state index contributed by atoms with van der Waals surface area (Å²) in [5.41, 5.74) is 2.71. The van der Waals surface area contributed by atoms with Crippen molar-refractivity contribution in [1.29, 1.82) is 0 Å². The van der Waals surface area contributed by atoms with Crippen LogP contribution in [0.2, 0.25) is 0 Å². The first-order chi connectivity index (χ1) is 10.3. The van der Waals surface area contributed by atoms with Gasteiger partial charge < -0.3 is 0 Å². The molecule has 0 bridgehead atoms. The molecule has 0 aliphatic rings. The zero-order chi connectivity index (χ0) is 14.9. The molecule has 21 heavy (non-hydrogen) atoms. The minimum atomic E-state index is 1.15. The van der Waals surface area contributed by atoms with Gasteiger partial charge in [-0.25, -0.2) is 0 Å². The van der Waals surface area contributed by atoms with Crippen molar-refractivity contribution in [3.63, 3.8) is 0 Å². The molecule has 0 saturated heterocycles. The van der Waals surface area contributed by atoms with E-state index in [1.807, 2.05) is 0 Å². The van der Waals surface area contributed by atoms with Gasteiger partial charge in [-0.05, 0) is 25.5 Å². The number of pyridine rings is 1. The van der Waals surface area contributed by atoms with Crippen LogP contribution in [0, 0.1) is 6.92 Å². The fourth-order valence-electron chi connectivity index (χ4n) is 3.01. The van der Waals surface area contributed by atoms with Crippen LogP contribution in [-0.2, 0) is 6.54 Å². The van der Waals surface area contributed by atoms with Crippen molar-refractivity contribution in [3.05, 3.63) is 42.1 Å². The molecule has 0 unspecified atom stereocenters. The fourth-order valence-corrected chi connectivity index (χ4v) is 3.01. The average molecular weight is 284 g/mol. The van der Waals surface area contributed by atoms with Gasteiger partial charge in [0, 0.05) is 23.9 Å². The second-order valence-electron chi connectivity index (χ2n) is 6.24. The molecule has 0 atom stereocenters. The molecule has 0 aliphatic heterocycles. The first-order valence-electron chi connectivity index (χ1n) is 8.70. The number of unbranched alkanes of at least 4 members (excludes halogenated alkanes) is 7. The summed E-state index contributed by atoms with van der Waals surface area (Å²) in [4.78, 5) is 0. The van der Waals surface area contributed by atoms with Crippen molar-refractivity contribution < 1.29 is 4.57 Å². The van der Waals surface area contributed by atoms with E-state index in [4.69, 9.17) is 0 Å². The molecule has 1 aromatic heterocycles. The largest absolute Gasteiger partial charge is 0.212 e. The van der Waals surface area contributed by atoms with Crippen LogP contribution in [0.3, 0.4) is 0 Å². The number of fused-ring (bicyclic) bond motifs is 1. The summed E-state index contributed by atoms with van der Waals surface area (Å²) >= 11 is 0. The molecular formula is C20H30N+. The van der Waals surface area contributed by atoms with E-state index in [1.54, 1.807) is 0 Å². The van der Waals surface area contributed by atoms with Gasteiger partial charge in [0.15, 0.2) is 6.20 Å². The molecule has 1 nitrogen and oxygen atoms in total. The maximum absolute atomic E-state index is 2.41. The van der Waals surface area contributed by atoms with Crippen molar-refractivity contribution in [2.75, 3.05) is 0 Å². The molecule has 0 aliphatic carbocycles. The number of hydrogen-bond donors (Lipinski definition) is 0. The van der Waals surface area contributed by atoms with Crippen LogP contribution < -0.4 is 4.57 Å². The van der Waals surface area contributed by atoms with E-state index < -0.39 is 0 Å². The van der Waals surface area contributed by atoms with Gasteiger partial charge in [0.2, 0.25) is 5.52 Å². The Balaban J connectivity index is 1.76. The highest BCUT2D eigenvalue weighted by molar-refractivity contribution is 5.76. The fraction of sp³-hybridized carbons (Fsp3) is 0.550. The predicted octanol–water partition coefficient (Wildman–Crippen LogP) is 5.58. The highest BCUT2D eigenvalue weighted by Crippen LogP contribution is 2.12. The van der Waals surface area contributed by atoms with Gasteiger partial charge >= 0.3 is 0 Å². The van der Waals surface area contributed by atoms with Gasteiger partial charge in [-0.15, -0.1) is 0 Å². The highest BCUT2D eigenvalue weighted by atomic mass is 14.9. The van der Waals surface area contributed by atoms with E-state index in [2.05, 4.69) is 54.9 Å². The van der Waals surface area contributed by atoms with E-state index in [0.717, 1.165) is 6.54 Å². The van der Waals surface area contributed by atoms with E-state index in [1.165, 1.54) is 67.8 Å². The molecular weight excluding hydrogens is 254 g/mol. The quantitative estimate of drug-likeness (QED) is 0.418. The Bertz CT molecular complexity index is 545. The second-order valence-corrected chi connectivity index (χ2v) is 6.24. The molecule has 1 aromatic carbocycles. The van der Waals surface area contributed by atoms with Gasteiger partial charge in [-0.1, -0.05) is 57.1 Å². The molecule has 1 heteroatoms. The minimum absolute atomic E-state index is 1.15. The molecule has 0 amide bonds. The lowest BCUT2D eigenvalue weighted by Crippen LogP contribution is -2.33. The van der Waals surface area contributed by atoms with Crippen LogP contribution in [0.25, 0.3) is 10.9 Å². The van der Waals surface area contributed by atoms with Crippen molar-refractivity contribution >= 4 is 10.9 Å². The van der Waals surface area contributed by atoms with E-state index in [9.17, 15) is 0 Å². The standard InChI is InChI=1S/C20H30N/c1-3-4-5-6-7-8-9-10-15-21-16-11-12-19-17-18(2)13-14-20(19)21/h11-14,16-17H,3-10,15H2,1-2H3/q+1. The Labute approximate surface area is 130 Å². The average Bonchev–Trinajstić information content (AvgIpc) is 2.49. The zero-order valence-electron chi connectivity index (χ0n) is 13.8. The molecule has 0 N–H and O–H groups in total. The molecule has 0 fully saturated rings. The van der Waals surface area contributed by atoms with Crippen molar-refractivity contribution in [2.45, 2.75) is 71.8 Å². The van der Waals surface area contributed by atoms with Crippen molar-refractivity contribution in [2.24, 2.45) is 0 Å². The predicted molar refractivity (Wildman–Crippen MR) is 91.5 cm³/mol. The van der Waals surface area contributed by atoms with Gasteiger partial charge in [0.1, 0.15) is 6.54 Å². The first-order valence-corrected chi connectivity index (χ1v) is 8.70. The van der Waals surface area contributed by atoms with Crippen LogP contribution in [0.4, 0.5) is 0 Å². The minimum Gasteiger partial charge on any atom is -0.198 e. The lowest BCUT2D eigenvalue weighted by Gasteiger charge is -2.03. The zero-order valence-corrected chi connectivity index (χ0v) is 13.8. The smallest absolute Gasteiger partial charge is 0.198 e. The normalized spacial score (nSPS) is 11.1. The second kappa shape index (κ2) is 8.81. The summed E-state index contributed by atoms with van der Waals surface area (Å²) in [6.07, 6.45) is 13.3. The number of hydrogen-bond acceptors (Lipinski definition) is 0. The molecule has 2 aromatic rings. The number of rotatable bonds is 9. The summed E-state index contributed by atoms with van der Waals surface area (Å²) in [5, 5.41) is 1.36. The Morgan fingerprint density at radius 1 is 0.857 bits per heavy atom. The molecule has 114 valence electrons. The summed E-state index contributed by atoms with van der Waals surface area (Å²) in [6, 6.07) is 11.1. The number of nitrogens with zero attached hydrogens (tertiary/aromatic N) is 1. The molecule has 0 saturated carbocycles. The maximum atomic E-state index is 2.41. The van der Waals surface area contributed by atoms with Gasteiger partial charge in [-0.2, -0.15) is 4.57 Å². The van der Waals surface area contributed by atoms with Gasteiger partial charge in [0.05, 0.1) is 0 Å². The third-order valence-electron chi connectivity index (χ3n) is 4.29. The highest BCUT2D eigenvalue weighted by Gasteiger charge is 2.07. The van der Waals surface area contributed by atoms with Gasteiger partial charge in [-0.3, -0.25) is 0 Å². The third kappa shape index (κ3) is 5.15. The molecule has 2 rings (SSSR count). The van der Waals surface area contributed by atoms with Crippen LogP contribution >= 0.6 is 0 Å². The molecule has 0 radical (unpaired) electrons. The lowest BCUT2D eigenvalue weighted by molar-refractivity contribution is -0.671. The summed E-state index contributed by atoms with van der Waals surface area (Å²) < 4.78 is 2.41. The van der Waals surface area contributed by atoms with Crippen LogP contribution in [-0.4, -0.2) is 0 Å². The Morgan fingerprint density at radius 3 is 2.33 bits per heavy atom. The van der Waals surface area contributed by atoms with E-state index in [-0.39, 0.29) is 0 Å². The Kier molecular flexibility index (Phi) is 6.72. The third-order valence-corrected chi connectivity index (χ3v) is 4.29. The summed E-state index contributed by atoms with van der Waals surface area (Å²) in [5.74, 6) is 0. The van der Waals surface area contributed by atoms with Crippen LogP contribution in [0.1, 0.15) is 63.9 Å². The SMILES string of the molecule is CCCCCCCCCC[n+]1cccc2cc(C)ccc21. The van der Waals surface area contributed by atoms with Crippen molar-refractivity contribution in [3.8, 4) is 0 Å². The van der Waals surface area contributed by atoms with E-state index in [0.29, 0.717) is 0 Å². The monoisotopic (exact) mass is 284 g/mol. The summed E-state index contributed by atoms with van der Waals surface area (Å²) in [7, 11) is 0. The van der Waals surface area contributed by atoms with Crippen LogP contribution in [0.15, 0.2) is 36.5 Å². The van der Waals surface area contributed by atoms with Gasteiger partial charge in [0.25, 0.3) is 0 Å². The number of benzene rings is 1. The number of aryl methyl sites for hydroxylation is 2. The van der Waals surface area contributed by atoms with Crippen LogP contribution in [0.5, 0.6) is 0 Å². The van der Waals surface area contributed by atoms with Crippen molar-refractivity contribution in [1.82, 2.24) is 0 Å².